The SMILES string of the molecule is COC(=O)C1CCCCN1Cc1ccc(-n2cccn2)cc1. The Morgan fingerprint density at radius 3 is 2.82 bits per heavy atom. The summed E-state index contributed by atoms with van der Waals surface area (Å²) in [5.74, 6) is -0.118. The third-order valence-corrected chi connectivity index (χ3v) is 4.18. The van der Waals surface area contributed by atoms with Gasteiger partial charge in [-0.25, -0.2) is 4.68 Å². The minimum absolute atomic E-state index is 0.107. The van der Waals surface area contributed by atoms with Crippen molar-refractivity contribution in [3.63, 3.8) is 0 Å². The third kappa shape index (κ3) is 3.20. The van der Waals surface area contributed by atoms with Gasteiger partial charge in [-0.3, -0.25) is 9.69 Å². The number of carbonyl (C=O) groups is 1. The Labute approximate surface area is 130 Å². The molecule has 0 radical (unpaired) electrons. The number of rotatable bonds is 4. The number of esters is 1. The highest BCUT2D eigenvalue weighted by Gasteiger charge is 2.29. The van der Waals surface area contributed by atoms with Crippen LogP contribution in [0.4, 0.5) is 0 Å². The Morgan fingerprint density at radius 2 is 2.14 bits per heavy atom. The molecular weight excluding hydrogens is 278 g/mol. The monoisotopic (exact) mass is 299 g/mol. The van der Waals surface area contributed by atoms with E-state index in [1.54, 1.807) is 6.20 Å². The molecule has 1 unspecified atom stereocenters. The molecule has 1 atom stereocenters. The molecule has 1 aromatic heterocycles. The van der Waals surface area contributed by atoms with Crippen LogP contribution in [0.1, 0.15) is 24.8 Å². The van der Waals surface area contributed by atoms with Crippen LogP contribution in [0.25, 0.3) is 5.69 Å². The van der Waals surface area contributed by atoms with Crippen molar-refractivity contribution in [2.75, 3.05) is 13.7 Å². The summed E-state index contributed by atoms with van der Waals surface area (Å²) in [5.41, 5.74) is 2.24. The third-order valence-electron chi connectivity index (χ3n) is 4.18. The second-order valence-corrected chi connectivity index (χ2v) is 5.62. The van der Waals surface area contributed by atoms with Crippen LogP contribution in [0, 0.1) is 0 Å². The molecule has 0 spiro atoms. The number of benzene rings is 1. The van der Waals surface area contributed by atoms with Crippen molar-refractivity contribution in [3.05, 3.63) is 48.3 Å². The molecule has 5 heteroatoms. The highest BCUT2D eigenvalue weighted by atomic mass is 16.5. The largest absolute Gasteiger partial charge is 0.468 e. The zero-order chi connectivity index (χ0) is 15.4. The van der Waals surface area contributed by atoms with Crippen LogP contribution >= 0.6 is 0 Å². The number of likely N-dealkylation sites (tertiary alicyclic amines) is 1. The zero-order valence-electron chi connectivity index (χ0n) is 12.8. The molecule has 0 N–H and O–H groups in total. The first-order valence-corrected chi connectivity index (χ1v) is 7.69. The Hall–Kier alpha value is -2.14. The number of aromatic nitrogens is 2. The van der Waals surface area contributed by atoms with Gasteiger partial charge in [0.15, 0.2) is 0 Å². The molecule has 1 aliphatic heterocycles. The van der Waals surface area contributed by atoms with Crippen molar-refractivity contribution in [3.8, 4) is 5.69 Å². The van der Waals surface area contributed by atoms with Crippen LogP contribution in [-0.2, 0) is 16.1 Å². The van der Waals surface area contributed by atoms with Crippen molar-refractivity contribution < 1.29 is 9.53 Å². The lowest BCUT2D eigenvalue weighted by atomic mass is 10.0. The van der Waals surface area contributed by atoms with E-state index < -0.39 is 0 Å². The molecule has 0 bridgehead atoms. The van der Waals surface area contributed by atoms with E-state index >= 15 is 0 Å². The average Bonchev–Trinajstić information content (AvgIpc) is 3.10. The van der Waals surface area contributed by atoms with Crippen molar-refractivity contribution in [1.29, 1.82) is 0 Å². The summed E-state index contributed by atoms with van der Waals surface area (Å²) in [4.78, 5) is 14.1. The minimum atomic E-state index is -0.118. The first-order chi connectivity index (χ1) is 10.8. The smallest absolute Gasteiger partial charge is 0.323 e. The Morgan fingerprint density at radius 1 is 1.32 bits per heavy atom. The van der Waals surface area contributed by atoms with E-state index in [4.69, 9.17) is 4.74 Å². The fraction of sp³-hybridized carbons (Fsp3) is 0.412. The van der Waals surface area contributed by atoms with Crippen molar-refractivity contribution >= 4 is 5.97 Å². The molecule has 1 fully saturated rings. The van der Waals surface area contributed by atoms with Crippen LogP contribution in [0.5, 0.6) is 0 Å². The topological polar surface area (TPSA) is 47.4 Å². The normalized spacial score (nSPS) is 19.0. The minimum Gasteiger partial charge on any atom is -0.468 e. The van der Waals surface area contributed by atoms with Crippen molar-refractivity contribution in [2.45, 2.75) is 31.8 Å². The molecule has 5 nitrogen and oxygen atoms in total. The summed E-state index contributed by atoms with van der Waals surface area (Å²) in [6.45, 7) is 1.72. The quantitative estimate of drug-likeness (QED) is 0.813. The van der Waals surface area contributed by atoms with Crippen LogP contribution in [-0.4, -0.2) is 40.3 Å². The predicted molar refractivity (Wildman–Crippen MR) is 83.6 cm³/mol. The summed E-state index contributed by atoms with van der Waals surface area (Å²) < 4.78 is 6.77. The lowest BCUT2D eigenvalue weighted by molar-refractivity contribution is -0.148. The number of hydrogen-bond donors (Lipinski definition) is 0. The van der Waals surface area contributed by atoms with Gasteiger partial charge in [0.25, 0.3) is 0 Å². The van der Waals surface area contributed by atoms with Gasteiger partial charge in [0, 0.05) is 18.9 Å². The fourth-order valence-electron chi connectivity index (χ4n) is 2.99. The molecule has 2 heterocycles. The van der Waals surface area contributed by atoms with Gasteiger partial charge >= 0.3 is 5.97 Å². The van der Waals surface area contributed by atoms with E-state index in [1.165, 1.54) is 12.7 Å². The molecule has 2 aromatic rings. The molecule has 1 aliphatic rings. The first kappa shape index (κ1) is 14.8. The summed E-state index contributed by atoms with van der Waals surface area (Å²) in [5, 5.41) is 4.22. The highest BCUT2D eigenvalue weighted by molar-refractivity contribution is 5.75. The predicted octanol–water partition coefficient (Wildman–Crippen LogP) is 2.40. The van der Waals surface area contributed by atoms with Crippen molar-refractivity contribution in [1.82, 2.24) is 14.7 Å². The second-order valence-electron chi connectivity index (χ2n) is 5.62. The van der Waals surface area contributed by atoms with Crippen molar-refractivity contribution in [2.24, 2.45) is 0 Å². The summed E-state index contributed by atoms with van der Waals surface area (Å²) in [6.07, 6.45) is 6.81. The molecular formula is C17H21N3O2. The number of carbonyl (C=O) groups excluding carboxylic acids is 1. The molecule has 116 valence electrons. The first-order valence-electron chi connectivity index (χ1n) is 7.69. The Balaban J connectivity index is 1.70. The van der Waals surface area contributed by atoms with Gasteiger partial charge in [0.1, 0.15) is 6.04 Å². The van der Waals surface area contributed by atoms with E-state index in [0.29, 0.717) is 0 Å². The van der Waals surface area contributed by atoms with Gasteiger partial charge in [0.05, 0.1) is 12.8 Å². The number of ether oxygens (including phenoxy) is 1. The van der Waals surface area contributed by atoms with E-state index in [-0.39, 0.29) is 12.0 Å². The van der Waals surface area contributed by atoms with Gasteiger partial charge in [0.2, 0.25) is 0 Å². The summed E-state index contributed by atoms with van der Waals surface area (Å²) >= 11 is 0. The molecule has 0 amide bonds. The van der Waals surface area contributed by atoms with Crippen LogP contribution in [0.2, 0.25) is 0 Å². The van der Waals surface area contributed by atoms with Crippen LogP contribution < -0.4 is 0 Å². The lowest BCUT2D eigenvalue weighted by Crippen LogP contribution is -2.44. The van der Waals surface area contributed by atoms with Gasteiger partial charge in [-0.15, -0.1) is 0 Å². The summed E-state index contributed by atoms with van der Waals surface area (Å²) in [6, 6.07) is 10.1. The Bertz CT molecular complexity index is 607. The maximum Gasteiger partial charge on any atom is 0.323 e. The highest BCUT2D eigenvalue weighted by Crippen LogP contribution is 2.21. The molecule has 0 aliphatic carbocycles. The van der Waals surface area contributed by atoms with Gasteiger partial charge in [-0.05, 0) is 43.1 Å². The average molecular weight is 299 g/mol. The second kappa shape index (κ2) is 6.75. The van der Waals surface area contributed by atoms with Crippen LogP contribution in [0.3, 0.4) is 0 Å². The van der Waals surface area contributed by atoms with E-state index in [9.17, 15) is 4.79 Å². The maximum absolute atomic E-state index is 11.9. The molecule has 22 heavy (non-hydrogen) atoms. The van der Waals surface area contributed by atoms with E-state index in [2.05, 4.69) is 34.3 Å². The maximum atomic E-state index is 11.9. The number of hydrogen-bond acceptors (Lipinski definition) is 4. The molecule has 1 aromatic carbocycles. The molecule has 1 saturated heterocycles. The van der Waals surface area contributed by atoms with Gasteiger partial charge < -0.3 is 4.74 Å². The standard InChI is InChI=1S/C17H21N3O2/c1-22-17(21)16-5-2-3-11-19(16)13-14-6-8-15(9-7-14)20-12-4-10-18-20/h4,6-10,12,16H,2-3,5,11,13H2,1H3. The molecule has 0 saturated carbocycles. The molecule has 3 rings (SSSR count). The summed E-state index contributed by atoms with van der Waals surface area (Å²) in [7, 11) is 1.47. The van der Waals surface area contributed by atoms with Gasteiger partial charge in [-0.2, -0.15) is 5.10 Å². The number of nitrogens with zero attached hydrogens (tertiary/aromatic N) is 3. The number of piperidine rings is 1. The fourth-order valence-corrected chi connectivity index (χ4v) is 2.99. The number of methoxy groups -OCH3 is 1. The van der Waals surface area contributed by atoms with Gasteiger partial charge in [-0.1, -0.05) is 18.6 Å². The van der Waals surface area contributed by atoms with Crippen LogP contribution in [0.15, 0.2) is 42.7 Å². The Kier molecular flexibility index (Phi) is 4.53. The van der Waals surface area contributed by atoms with E-state index in [1.807, 2.05) is 16.9 Å². The van der Waals surface area contributed by atoms with E-state index in [0.717, 1.165) is 38.0 Å². The lowest BCUT2D eigenvalue weighted by Gasteiger charge is -2.33. The zero-order valence-corrected chi connectivity index (χ0v) is 12.8.